The topological polar surface area (TPSA) is 21.3 Å². The van der Waals surface area contributed by atoms with E-state index in [4.69, 9.17) is 4.74 Å². The van der Waals surface area contributed by atoms with Gasteiger partial charge in [0, 0.05) is 18.0 Å². The number of hydrogen-bond donors (Lipinski definition) is 1. The molecule has 98 valence electrons. The van der Waals surface area contributed by atoms with Gasteiger partial charge >= 0.3 is 0 Å². The van der Waals surface area contributed by atoms with Gasteiger partial charge in [-0.3, -0.25) is 0 Å². The Morgan fingerprint density at radius 1 is 1.22 bits per heavy atom. The van der Waals surface area contributed by atoms with E-state index < -0.39 is 0 Å². The van der Waals surface area contributed by atoms with Crippen LogP contribution in [0.1, 0.15) is 50.6 Å². The van der Waals surface area contributed by atoms with Crippen LogP contribution in [0.5, 0.6) is 5.75 Å². The molecule has 1 aromatic carbocycles. The molecule has 0 aromatic heterocycles. The SMILES string of the molecule is CNC1CC2(CCC(C)CC2)Oc2ccccc21. The molecule has 18 heavy (non-hydrogen) atoms. The van der Waals surface area contributed by atoms with Crippen molar-refractivity contribution in [3.05, 3.63) is 29.8 Å². The van der Waals surface area contributed by atoms with Crippen LogP contribution in [0.2, 0.25) is 0 Å². The molecule has 2 heteroatoms. The van der Waals surface area contributed by atoms with Crippen LogP contribution in [0, 0.1) is 5.92 Å². The van der Waals surface area contributed by atoms with Crippen molar-refractivity contribution < 1.29 is 4.74 Å². The highest BCUT2D eigenvalue weighted by Crippen LogP contribution is 2.46. The molecule has 1 saturated carbocycles. The third-order valence-electron chi connectivity index (χ3n) is 4.73. The second-order valence-electron chi connectivity index (χ2n) is 6.05. The van der Waals surface area contributed by atoms with Crippen LogP contribution in [-0.2, 0) is 0 Å². The molecule has 1 heterocycles. The lowest BCUT2D eigenvalue weighted by Gasteiger charge is -2.45. The zero-order valence-electron chi connectivity index (χ0n) is 11.4. The van der Waals surface area contributed by atoms with Crippen molar-refractivity contribution in [1.82, 2.24) is 5.32 Å². The molecular formula is C16H23NO. The largest absolute Gasteiger partial charge is 0.487 e. The molecular weight excluding hydrogens is 222 g/mol. The Morgan fingerprint density at radius 3 is 2.67 bits per heavy atom. The monoisotopic (exact) mass is 245 g/mol. The van der Waals surface area contributed by atoms with Crippen molar-refractivity contribution in [2.24, 2.45) is 5.92 Å². The molecule has 1 aromatic rings. The summed E-state index contributed by atoms with van der Waals surface area (Å²) in [4.78, 5) is 0. The number of hydrogen-bond acceptors (Lipinski definition) is 2. The number of benzene rings is 1. The highest BCUT2D eigenvalue weighted by Gasteiger charge is 2.42. The fourth-order valence-corrected chi connectivity index (χ4v) is 3.47. The van der Waals surface area contributed by atoms with Gasteiger partial charge in [-0.15, -0.1) is 0 Å². The summed E-state index contributed by atoms with van der Waals surface area (Å²) in [5.41, 5.74) is 1.42. The molecule has 0 radical (unpaired) electrons. The summed E-state index contributed by atoms with van der Waals surface area (Å²) in [6.07, 6.45) is 6.14. The number of para-hydroxylation sites is 1. The van der Waals surface area contributed by atoms with Gasteiger partial charge in [-0.2, -0.15) is 0 Å². The fourth-order valence-electron chi connectivity index (χ4n) is 3.47. The van der Waals surface area contributed by atoms with Gasteiger partial charge in [0.2, 0.25) is 0 Å². The lowest BCUT2D eigenvalue weighted by atomic mass is 9.74. The number of ether oxygens (including phenoxy) is 1. The van der Waals surface area contributed by atoms with Crippen LogP contribution in [0.15, 0.2) is 24.3 Å². The zero-order valence-corrected chi connectivity index (χ0v) is 11.4. The van der Waals surface area contributed by atoms with Crippen LogP contribution in [0.4, 0.5) is 0 Å². The quantitative estimate of drug-likeness (QED) is 0.815. The molecule has 1 spiro atoms. The van der Waals surface area contributed by atoms with Crippen LogP contribution >= 0.6 is 0 Å². The molecule has 1 fully saturated rings. The minimum Gasteiger partial charge on any atom is -0.487 e. The molecule has 1 aliphatic heterocycles. The predicted octanol–water partition coefficient (Wildman–Crippen LogP) is 3.68. The second kappa shape index (κ2) is 4.58. The Balaban J connectivity index is 1.89. The van der Waals surface area contributed by atoms with E-state index in [1.807, 2.05) is 0 Å². The summed E-state index contributed by atoms with van der Waals surface area (Å²) in [6, 6.07) is 8.94. The van der Waals surface area contributed by atoms with Crippen LogP contribution in [-0.4, -0.2) is 12.6 Å². The van der Waals surface area contributed by atoms with Gasteiger partial charge in [-0.25, -0.2) is 0 Å². The van der Waals surface area contributed by atoms with Gasteiger partial charge in [0.1, 0.15) is 11.4 Å². The molecule has 1 unspecified atom stereocenters. The molecule has 0 bridgehead atoms. The minimum atomic E-state index is 0.0918. The second-order valence-corrected chi connectivity index (χ2v) is 6.05. The molecule has 1 N–H and O–H groups in total. The summed E-state index contributed by atoms with van der Waals surface area (Å²) in [5.74, 6) is 1.96. The maximum atomic E-state index is 6.40. The maximum absolute atomic E-state index is 6.40. The predicted molar refractivity (Wildman–Crippen MR) is 73.9 cm³/mol. The van der Waals surface area contributed by atoms with Crippen LogP contribution < -0.4 is 10.1 Å². The zero-order chi connectivity index (χ0) is 12.6. The van der Waals surface area contributed by atoms with Gasteiger partial charge in [-0.05, 0) is 44.7 Å². The van der Waals surface area contributed by atoms with E-state index in [2.05, 4.69) is 43.6 Å². The molecule has 2 nitrogen and oxygen atoms in total. The highest BCUT2D eigenvalue weighted by atomic mass is 16.5. The molecule has 0 amide bonds. The molecule has 1 aliphatic carbocycles. The first kappa shape index (κ1) is 12.0. The summed E-state index contributed by atoms with van der Waals surface area (Å²) in [5, 5.41) is 3.46. The first-order valence-electron chi connectivity index (χ1n) is 7.18. The van der Waals surface area contributed by atoms with Gasteiger partial charge in [0.15, 0.2) is 0 Å². The Morgan fingerprint density at radius 2 is 1.94 bits per heavy atom. The normalized spacial score (nSPS) is 35.0. The third-order valence-corrected chi connectivity index (χ3v) is 4.73. The molecule has 3 rings (SSSR count). The van der Waals surface area contributed by atoms with E-state index in [0.717, 1.165) is 18.1 Å². The Bertz CT molecular complexity index is 421. The van der Waals surface area contributed by atoms with Gasteiger partial charge in [-0.1, -0.05) is 25.1 Å². The van der Waals surface area contributed by atoms with Gasteiger partial charge in [0.05, 0.1) is 0 Å². The fraction of sp³-hybridized carbons (Fsp3) is 0.625. The minimum absolute atomic E-state index is 0.0918. The van der Waals surface area contributed by atoms with Crippen LogP contribution in [0.25, 0.3) is 0 Å². The van der Waals surface area contributed by atoms with Crippen LogP contribution in [0.3, 0.4) is 0 Å². The third kappa shape index (κ3) is 2.03. The Hall–Kier alpha value is -1.02. The van der Waals surface area contributed by atoms with Gasteiger partial charge < -0.3 is 10.1 Å². The van der Waals surface area contributed by atoms with Crippen molar-refractivity contribution in [3.8, 4) is 5.75 Å². The average Bonchev–Trinajstić information content (AvgIpc) is 2.41. The van der Waals surface area contributed by atoms with E-state index in [0.29, 0.717) is 6.04 Å². The van der Waals surface area contributed by atoms with Crippen molar-refractivity contribution in [2.45, 2.75) is 50.7 Å². The summed E-state index contributed by atoms with van der Waals surface area (Å²) in [6.45, 7) is 2.36. The smallest absolute Gasteiger partial charge is 0.124 e. The van der Waals surface area contributed by atoms with E-state index in [1.165, 1.54) is 31.2 Å². The summed E-state index contributed by atoms with van der Waals surface area (Å²) in [7, 11) is 2.06. The molecule has 1 atom stereocenters. The lowest BCUT2D eigenvalue weighted by Crippen LogP contribution is -2.45. The Kier molecular flexibility index (Phi) is 3.06. The average molecular weight is 245 g/mol. The molecule has 0 saturated heterocycles. The summed E-state index contributed by atoms with van der Waals surface area (Å²) >= 11 is 0. The lowest BCUT2D eigenvalue weighted by molar-refractivity contribution is -0.0119. The van der Waals surface area contributed by atoms with E-state index in [-0.39, 0.29) is 5.60 Å². The van der Waals surface area contributed by atoms with Crippen molar-refractivity contribution in [3.63, 3.8) is 0 Å². The molecule has 2 aliphatic rings. The summed E-state index contributed by atoms with van der Waals surface area (Å²) < 4.78 is 6.40. The first-order valence-corrected chi connectivity index (χ1v) is 7.18. The highest BCUT2D eigenvalue weighted by molar-refractivity contribution is 5.39. The van der Waals surface area contributed by atoms with Crippen molar-refractivity contribution in [1.29, 1.82) is 0 Å². The van der Waals surface area contributed by atoms with E-state index >= 15 is 0 Å². The first-order chi connectivity index (χ1) is 8.72. The van der Waals surface area contributed by atoms with E-state index in [1.54, 1.807) is 0 Å². The standard InChI is InChI=1S/C16H23NO/c1-12-7-9-16(10-8-12)11-14(17-2)13-5-3-4-6-15(13)18-16/h3-6,12,14,17H,7-11H2,1-2H3. The number of fused-ring (bicyclic) bond motifs is 1. The van der Waals surface area contributed by atoms with Crippen molar-refractivity contribution in [2.75, 3.05) is 7.05 Å². The Labute approximate surface area is 110 Å². The maximum Gasteiger partial charge on any atom is 0.124 e. The number of nitrogens with one attached hydrogen (secondary N) is 1. The van der Waals surface area contributed by atoms with E-state index in [9.17, 15) is 0 Å². The van der Waals surface area contributed by atoms with Crippen molar-refractivity contribution >= 4 is 0 Å². The number of rotatable bonds is 1. The van der Waals surface area contributed by atoms with Gasteiger partial charge in [0.25, 0.3) is 0 Å².